The number of anilines is 6. The number of hydrogen-bond acceptors (Lipinski definition) is 4. The van der Waals surface area contributed by atoms with Crippen LogP contribution in [-0.4, -0.2) is 0 Å². The second kappa shape index (κ2) is 11.7. The van der Waals surface area contributed by atoms with E-state index in [0.29, 0.717) is 0 Å². The van der Waals surface area contributed by atoms with E-state index >= 15 is 0 Å². The minimum atomic E-state index is 0.886. The molecule has 10 aromatic rings. The highest BCUT2D eigenvalue weighted by molar-refractivity contribution is 7.26. The maximum atomic E-state index is 6.27. The van der Waals surface area contributed by atoms with E-state index in [9.17, 15) is 0 Å². The molecule has 0 amide bonds. The smallest absolute Gasteiger partial charge is 0.135 e. The van der Waals surface area contributed by atoms with Crippen LogP contribution >= 0.6 is 11.3 Å². The molecule has 0 fully saturated rings. The van der Waals surface area contributed by atoms with Crippen molar-refractivity contribution in [2.75, 3.05) is 9.80 Å². The van der Waals surface area contributed by atoms with Gasteiger partial charge in [0.1, 0.15) is 11.2 Å². The Labute approximate surface area is 293 Å². The molecule has 50 heavy (non-hydrogen) atoms. The molecule has 236 valence electrons. The molecule has 0 aliphatic rings. The van der Waals surface area contributed by atoms with E-state index in [1.54, 1.807) is 0 Å². The molecule has 0 saturated carbocycles. The normalized spacial score (nSPS) is 11.6. The van der Waals surface area contributed by atoms with Crippen molar-refractivity contribution in [1.29, 1.82) is 0 Å². The summed E-state index contributed by atoms with van der Waals surface area (Å²) in [5, 5.41) is 7.22. The number of rotatable bonds is 6. The lowest BCUT2D eigenvalue weighted by molar-refractivity contribution is 0.669. The minimum absolute atomic E-state index is 0.886. The number of fused-ring (bicyclic) bond motifs is 8. The first-order valence-corrected chi connectivity index (χ1v) is 17.7. The number of benzene rings is 8. The zero-order valence-electron chi connectivity index (χ0n) is 27.0. The SMILES string of the molecule is c1ccc(N(c2ccccc2)c2ccc(N(c3ccccc3)c3ccc4oc5ccccc5c4c3)c3c2sc2ccc4ccccc4c23)cc1. The van der Waals surface area contributed by atoms with Crippen LogP contribution in [0.25, 0.3) is 52.9 Å². The van der Waals surface area contributed by atoms with Crippen molar-refractivity contribution < 1.29 is 4.42 Å². The van der Waals surface area contributed by atoms with Gasteiger partial charge in [-0.05, 0) is 89.6 Å². The van der Waals surface area contributed by atoms with Gasteiger partial charge in [0.15, 0.2) is 0 Å². The summed E-state index contributed by atoms with van der Waals surface area (Å²) in [5.41, 5.74) is 8.47. The summed E-state index contributed by atoms with van der Waals surface area (Å²) in [4.78, 5) is 4.80. The summed E-state index contributed by atoms with van der Waals surface area (Å²) in [7, 11) is 0. The first kappa shape index (κ1) is 28.6. The molecule has 0 bridgehead atoms. The highest BCUT2D eigenvalue weighted by atomic mass is 32.1. The van der Waals surface area contributed by atoms with Crippen LogP contribution in [0, 0.1) is 0 Å². The first-order valence-electron chi connectivity index (χ1n) is 16.9. The van der Waals surface area contributed by atoms with Crippen LogP contribution in [0.15, 0.2) is 186 Å². The minimum Gasteiger partial charge on any atom is -0.456 e. The fourth-order valence-corrected chi connectivity index (χ4v) is 8.65. The standard InChI is InChI=1S/C46H30N2OS/c1-4-15-32(16-5-1)47(33-17-6-2-7-18-33)40-27-26-39(45-44-36-21-11-10-14-31(36)24-29-43(44)50-46(40)45)48(34-19-8-3-9-20-34)35-25-28-42-38(30-35)37-22-12-13-23-41(37)49-42/h1-30H. The van der Waals surface area contributed by atoms with Crippen molar-refractivity contribution in [1.82, 2.24) is 0 Å². The highest BCUT2D eigenvalue weighted by Crippen LogP contribution is 2.52. The quantitative estimate of drug-likeness (QED) is 0.177. The van der Waals surface area contributed by atoms with Gasteiger partial charge in [-0.3, -0.25) is 0 Å². The maximum Gasteiger partial charge on any atom is 0.135 e. The van der Waals surface area contributed by atoms with Gasteiger partial charge in [-0.2, -0.15) is 0 Å². The van der Waals surface area contributed by atoms with Crippen LogP contribution in [0.3, 0.4) is 0 Å². The number of furan rings is 1. The molecular formula is C46H30N2OS. The van der Waals surface area contributed by atoms with Crippen LogP contribution in [0.2, 0.25) is 0 Å². The van der Waals surface area contributed by atoms with Gasteiger partial charge < -0.3 is 14.2 Å². The summed E-state index contributed by atoms with van der Waals surface area (Å²) < 4.78 is 8.76. The third-order valence-electron chi connectivity index (χ3n) is 9.61. The molecule has 10 rings (SSSR count). The molecule has 4 heteroatoms. The monoisotopic (exact) mass is 658 g/mol. The Morgan fingerprint density at radius 2 is 0.940 bits per heavy atom. The number of nitrogens with zero attached hydrogens (tertiary/aromatic N) is 2. The fraction of sp³-hybridized carbons (Fsp3) is 0. The molecule has 0 aliphatic carbocycles. The van der Waals surface area contributed by atoms with Gasteiger partial charge in [0.05, 0.1) is 16.1 Å². The summed E-state index contributed by atoms with van der Waals surface area (Å²) in [6.07, 6.45) is 0. The van der Waals surface area contributed by atoms with E-state index in [0.717, 1.165) is 56.1 Å². The lowest BCUT2D eigenvalue weighted by Gasteiger charge is -2.29. The largest absolute Gasteiger partial charge is 0.456 e. The van der Waals surface area contributed by atoms with Crippen molar-refractivity contribution >= 4 is 98.3 Å². The number of para-hydroxylation sites is 4. The van der Waals surface area contributed by atoms with Gasteiger partial charge in [0.25, 0.3) is 0 Å². The molecule has 0 spiro atoms. The number of thiophene rings is 1. The van der Waals surface area contributed by atoms with Crippen molar-refractivity contribution in [3.63, 3.8) is 0 Å². The van der Waals surface area contributed by atoms with Crippen LogP contribution < -0.4 is 9.80 Å². The van der Waals surface area contributed by atoms with Crippen molar-refractivity contribution in [3.05, 3.63) is 182 Å². The van der Waals surface area contributed by atoms with E-state index in [4.69, 9.17) is 4.42 Å². The Hall–Kier alpha value is -6.36. The number of hydrogen-bond donors (Lipinski definition) is 0. The molecule has 0 N–H and O–H groups in total. The predicted octanol–water partition coefficient (Wildman–Crippen LogP) is 14.0. The van der Waals surface area contributed by atoms with Gasteiger partial charge >= 0.3 is 0 Å². The van der Waals surface area contributed by atoms with Crippen molar-refractivity contribution in [2.24, 2.45) is 0 Å². The van der Waals surface area contributed by atoms with Gasteiger partial charge in [-0.25, -0.2) is 0 Å². The van der Waals surface area contributed by atoms with Crippen LogP contribution in [0.5, 0.6) is 0 Å². The molecule has 0 aliphatic heterocycles. The molecule has 0 saturated heterocycles. The molecular weight excluding hydrogens is 629 g/mol. The predicted molar refractivity (Wildman–Crippen MR) is 213 cm³/mol. The molecule has 8 aromatic carbocycles. The average Bonchev–Trinajstić information content (AvgIpc) is 3.76. The zero-order valence-corrected chi connectivity index (χ0v) is 27.8. The van der Waals surface area contributed by atoms with E-state index in [1.165, 1.54) is 30.9 Å². The summed E-state index contributed by atoms with van der Waals surface area (Å²) >= 11 is 1.87. The molecule has 0 radical (unpaired) electrons. The first-order chi connectivity index (χ1) is 24.8. The van der Waals surface area contributed by atoms with Gasteiger partial charge in [-0.1, -0.05) is 103 Å². The van der Waals surface area contributed by atoms with Crippen LogP contribution in [-0.2, 0) is 0 Å². The molecule has 2 heterocycles. The van der Waals surface area contributed by atoms with E-state index in [1.807, 2.05) is 23.5 Å². The van der Waals surface area contributed by atoms with Gasteiger partial charge in [-0.15, -0.1) is 11.3 Å². The Bertz CT molecular complexity index is 2780. The molecule has 0 unspecified atom stereocenters. The van der Waals surface area contributed by atoms with Gasteiger partial charge in [0.2, 0.25) is 0 Å². The molecule has 3 nitrogen and oxygen atoms in total. The third kappa shape index (κ3) is 4.57. The zero-order chi connectivity index (χ0) is 33.0. The Balaban J connectivity index is 1.32. The van der Waals surface area contributed by atoms with Crippen LogP contribution in [0.1, 0.15) is 0 Å². The maximum absolute atomic E-state index is 6.27. The lowest BCUT2D eigenvalue weighted by Crippen LogP contribution is -2.12. The third-order valence-corrected chi connectivity index (χ3v) is 10.8. The van der Waals surface area contributed by atoms with E-state index in [-0.39, 0.29) is 0 Å². The average molecular weight is 659 g/mol. The molecule has 0 atom stereocenters. The van der Waals surface area contributed by atoms with E-state index in [2.05, 4.69) is 180 Å². The Morgan fingerprint density at radius 1 is 0.380 bits per heavy atom. The lowest BCUT2D eigenvalue weighted by atomic mass is 10.0. The molecule has 2 aromatic heterocycles. The highest BCUT2D eigenvalue weighted by Gasteiger charge is 2.25. The van der Waals surface area contributed by atoms with E-state index < -0.39 is 0 Å². The van der Waals surface area contributed by atoms with Crippen LogP contribution in [0.4, 0.5) is 34.1 Å². The summed E-state index contributed by atoms with van der Waals surface area (Å²) in [6, 6.07) is 64.9. The Morgan fingerprint density at radius 3 is 1.64 bits per heavy atom. The Kier molecular flexibility index (Phi) is 6.68. The summed E-state index contributed by atoms with van der Waals surface area (Å²) in [6.45, 7) is 0. The fourth-order valence-electron chi connectivity index (χ4n) is 7.41. The second-order valence-corrected chi connectivity index (χ2v) is 13.6. The van der Waals surface area contributed by atoms with Gasteiger partial charge in [0, 0.05) is 49.0 Å². The second-order valence-electron chi connectivity index (χ2n) is 12.5. The summed E-state index contributed by atoms with van der Waals surface area (Å²) in [5.74, 6) is 0. The topological polar surface area (TPSA) is 19.6 Å². The van der Waals surface area contributed by atoms with Crippen molar-refractivity contribution in [3.8, 4) is 0 Å². The van der Waals surface area contributed by atoms with Crippen molar-refractivity contribution in [2.45, 2.75) is 0 Å².